The maximum Gasteiger partial charge on any atom is 0.229 e. The Kier molecular flexibility index (Phi) is 5.89. The molecule has 0 radical (unpaired) electrons. The van der Waals surface area contributed by atoms with E-state index in [0.29, 0.717) is 12.0 Å². The molecular formula is C22H26N6O2S. The van der Waals surface area contributed by atoms with E-state index in [4.69, 9.17) is 4.74 Å². The van der Waals surface area contributed by atoms with Gasteiger partial charge in [0.2, 0.25) is 11.9 Å². The molecule has 5 rings (SSSR count). The van der Waals surface area contributed by atoms with Crippen molar-refractivity contribution in [3.05, 3.63) is 29.4 Å². The molecule has 3 heterocycles. The van der Waals surface area contributed by atoms with Crippen molar-refractivity contribution >= 4 is 34.1 Å². The third-order valence-corrected chi connectivity index (χ3v) is 7.11. The van der Waals surface area contributed by atoms with Gasteiger partial charge in [-0.2, -0.15) is 0 Å². The second-order valence-electron chi connectivity index (χ2n) is 8.24. The van der Waals surface area contributed by atoms with Gasteiger partial charge in [-0.05, 0) is 38.7 Å². The topological polar surface area (TPSA) is 93.1 Å². The molecule has 8 nitrogen and oxygen atoms in total. The number of morpholine rings is 1. The number of ether oxygens (including phenoxy) is 1. The molecule has 0 bridgehead atoms. The SMILES string of the molecule is Cc1nnc(-c2ccc3cnc(NC(=O)C4CCC(N5CCOCC5)CC4)nc3c2)s1. The molecule has 1 aliphatic carbocycles. The van der Waals surface area contributed by atoms with Gasteiger partial charge in [0, 0.05) is 42.2 Å². The summed E-state index contributed by atoms with van der Waals surface area (Å²) in [6.07, 6.45) is 5.68. The van der Waals surface area contributed by atoms with Crippen LogP contribution in [-0.4, -0.2) is 63.3 Å². The van der Waals surface area contributed by atoms with Crippen molar-refractivity contribution in [2.75, 3.05) is 31.6 Å². The first-order chi connectivity index (χ1) is 15.2. The van der Waals surface area contributed by atoms with Gasteiger partial charge >= 0.3 is 0 Å². The van der Waals surface area contributed by atoms with Crippen LogP contribution in [-0.2, 0) is 9.53 Å². The number of aromatic nitrogens is 4. The van der Waals surface area contributed by atoms with Gasteiger partial charge < -0.3 is 4.74 Å². The van der Waals surface area contributed by atoms with Crippen molar-refractivity contribution < 1.29 is 9.53 Å². The van der Waals surface area contributed by atoms with E-state index < -0.39 is 0 Å². The molecule has 1 aliphatic heterocycles. The Morgan fingerprint density at radius 3 is 2.71 bits per heavy atom. The van der Waals surface area contributed by atoms with Crippen LogP contribution in [0.5, 0.6) is 0 Å². The molecule has 0 spiro atoms. The van der Waals surface area contributed by atoms with Crippen LogP contribution in [0.3, 0.4) is 0 Å². The van der Waals surface area contributed by atoms with Crippen LogP contribution in [0.2, 0.25) is 0 Å². The number of nitrogens with one attached hydrogen (secondary N) is 1. The van der Waals surface area contributed by atoms with Crippen LogP contribution in [0.4, 0.5) is 5.95 Å². The van der Waals surface area contributed by atoms with Crippen molar-refractivity contribution in [2.24, 2.45) is 5.92 Å². The van der Waals surface area contributed by atoms with Gasteiger partial charge in [0.15, 0.2) is 0 Å². The molecule has 0 atom stereocenters. The average Bonchev–Trinajstić information content (AvgIpc) is 3.25. The Labute approximate surface area is 185 Å². The lowest BCUT2D eigenvalue weighted by atomic mass is 9.84. The highest BCUT2D eigenvalue weighted by Gasteiger charge is 2.30. The summed E-state index contributed by atoms with van der Waals surface area (Å²) in [6.45, 7) is 5.59. The summed E-state index contributed by atoms with van der Waals surface area (Å²) in [5.74, 6) is 0.404. The number of amides is 1. The Morgan fingerprint density at radius 1 is 1.16 bits per heavy atom. The first-order valence-electron chi connectivity index (χ1n) is 10.9. The van der Waals surface area contributed by atoms with Crippen molar-refractivity contribution in [1.82, 2.24) is 25.1 Å². The molecule has 2 fully saturated rings. The van der Waals surface area contributed by atoms with Gasteiger partial charge in [-0.3, -0.25) is 15.0 Å². The lowest BCUT2D eigenvalue weighted by molar-refractivity contribution is -0.121. The lowest BCUT2D eigenvalue weighted by Gasteiger charge is -2.38. The normalized spacial score (nSPS) is 22.5. The molecule has 1 saturated heterocycles. The molecule has 3 aromatic rings. The zero-order valence-corrected chi connectivity index (χ0v) is 18.4. The minimum atomic E-state index is 0.0206. The Hall–Kier alpha value is -2.49. The first-order valence-corrected chi connectivity index (χ1v) is 11.7. The summed E-state index contributed by atoms with van der Waals surface area (Å²) in [7, 11) is 0. The number of hydrogen-bond donors (Lipinski definition) is 1. The largest absolute Gasteiger partial charge is 0.379 e. The van der Waals surface area contributed by atoms with Gasteiger partial charge in [-0.25, -0.2) is 9.97 Å². The molecule has 0 unspecified atom stereocenters. The number of aryl methyl sites for hydroxylation is 1. The zero-order valence-electron chi connectivity index (χ0n) is 17.6. The van der Waals surface area contributed by atoms with Crippen molar-refractivity contribution in [3.63, 3.8) is 0 Å². The van der Waals surface area contributed by atoms with E-state index in [2.05, 4.69) is 30.4 Å². The molecule has 9 heteroatoms. The Balaban J connectivity index is 1.24. The van der Waals surface area contributed by atoms with E-state index >= 15 is 0 Å². The third-order valence-electron chi connectivity index (χ3n) is 6.22. The van der Waals surface area contributed by atoms with E-state index in [1.54, 1.807) is 17.5 Å². The number of anilines is 1. The van der Waals surface area contributed by atoms with Gasteiger partial charge in [0.1, 0.15) is 10.0 Å². The highest BCUT2D eigenvalue weighted by Crippen LogP contribution is 2.29. The quantitative estimate of drug-likeness (QED) is 0.668. The predicted molar refractivity (Wildman–Crippen MR) is 120 cm³/mol. The Bertz CT molecular complexity index is 1070. The van der Waals surface area contributed by atoms with Crippen LogP contribution in [0.15, 0.2) is 24.4 Å². The van der Waals surface area contributed by atoms with Crippen LogP contribution in [0.25, 0.3) is 21.5 Å². The monoisotopic (exact) mass is 438 g/mol. The summed E-state index contributed by atoms with van der Waals surface area (Å²) in [5.41, 5.74) is 1.75. The molecule has 31 heavy (non-hydrogen) atoms. The molecule has 1 amide bonds. The first kappa shape index (κ1) is 20.4. The van der Waals surface area contributed by atoms with Crippen LogP contribution in [0, 0.1) is 12.8 Å². The summed E-state index contributed by atoms with van der Waals surface area (Å²) < 4.78 is 5.45. The van der Waals surface area contributed by atoms with E-state index in [1.165, 1.54) is 0 Å². The molecule has 1 N–H and O–H groups in total. The van der Waals surface area contributed by atoms with E-state index in [-0.39, 0.29) is 11.8 Å². The zero-order chi connectivity index (χ0) is 21.2. The van der Waals surface area contributed by atoms with Crippen molar-refractivity contribution in [2.45, 2.75) is 38.6 Å². The van der Waals surface area contributed by atoms with Crippen molar-refractivity contribution in [1.29, 1.82) is 0 Å². The van der Waals surface area contributed by atoms with Gasteiger partial charge in [-0.15, -0.1) is 10.2 Å². The smallest absolute Gasteiger partial charge is 0.229 e. The molecule has 2 aliphatic rings. The number of hydrogen-bond acceptors (Lipinski definition) is 8. The summed E-state index contributed by atoms with van der Waals surface area (Å²) in [5, 5.41) is 13.9. The minimum Gasteiger partial charge on any atom is -0.379 e. The summed E-state index contributed by atoms with van der Waals surface area (Å²) in [4.78, 5) is 24.3. The minimum absolute atomic E-state index is 0.0206. The number of carbonyl (C=O) groups is 1. The average molecular weight is 439 g/mol. The van der Waals surface area contributed by atoms with Gasteiger partial charge in [0.25, 0.3) is 0 Å². The molecule has 2 aromatic heterocycles. The van der Waals surface area contributed by atoms with Gasteiger partial charge in [0.05, 0.1) is 18.7 Å². The second-order valence-corrected chi connectivity index (χ2v) is 9.42. The highest BCUT2D eigenvalue weighted by atomic mass is 32.1. The Morgan fingerprint density at radius 2 is 1.97 bits per heavy atom. The number of nitrogens with zero attached hydrogens (tertiary/aromatic N) is 5. The number of carbonyl (C=O) groups excluding carboxylic acids is 1. The number of fused-ring (bicyclic) bond motifs is 1. The maximum absolute atomic E-state index is 12.8. The van der Waals surface area contributed by atoms with Crippen LogP contribution < -0.4 is 5.32 Å². The fourth-order valence-corrected chi connectivity index (χ4v) is 5.18. The van der Waals surface area contributed by atoms with Crippen molar-refractivity contribution in [3.8, 4) is 10.6 Å². The fourth-order valence-electron chi connectivity index (χ4n) is 4.49. The van der Waals surface area contributed by atoms with Crippen LogP contribution in [0.1, 0.15) is 30.7 Å². The standard InChI is InChI=1S/C22H26N6O2S/c1-14-26-27-21(31-14)16-2-3-17-13-23-22(24-19(17)12-16)25-20(29)15-4-6-18(7-5-15)28-8-10-30-11-9-28/h2-3,12-13,15,18H,4-11H2,1H3,(H,23,24,25,29). The summed E-state index contributed by atoms with van der Waals surface area (Å²) >= 11 is 1.55. The molecule has 1 aromatic carbocycles. The van der Waals surface area contributed by atoms with Crippen LogP contribution >= 0.6 is 11.3 Å². The number of rotatable bonds is 4. The lowest BCUT2D eigenvalue weighted by Crippen LogP contribution is -2.45. The number of benzene rings is 1. The third kappa shape index (κ3) is 4.58. The molecule has 162 valence electrons. The second kappa shape index (κ2) is 8.94. The maximum atomic E-state index is 12.8. The van der Waals surface area contributed by atoms with E-state index in [0.717, 1.165) is 78.5 Å². The van der Waals surface area contributed by atoms with Gasteiger partial charge in [-0.1, -0.05) is 23.5 Å². The van der Waals surface area contributed by atoms with E-state index in [9.17, 15) is 4.79 Å². The molecule has 1 saturated carbocycles. The fraction of sp³-hybridized carbons (Fsp3) is 0.500. The highest BCUT2D eigenvalue weighted by molar-refractivity contribution is 7.14. The predicted octanol–water partition coefficient (Wildman–Crippen LogP) is 3.29. The van der Waals surface area contributed by atoms with E-state index in [1.807, 2.05) is 25.1 Å². The molecular weight excluding hydrogens is 412 g/mol. The summed E-state index contributed by atoms with van der Waals surface area (Å²) in [6, 6.07) is 6.52.